The molecule has 0 spiro atoms. The van der Waals surface area contributed by atoms with Crippen LogP contribution in [0.15, 0.2) is 12.4 Å². The van der Waals surface area contributed by atoms with E-state index < -0.39 is 5.97 Å². The maximum absolute atomic E-state index is 10.6. The van der Waals surface area contributed by atoms with Crippen LogP contribution in [-0.2, 0) is 0 Å². The van der Waals surface area contributed by atoms with E-state index in [2.05, 4.69) is 22.2 Å². The maximum atomic E-state index is 10.6. The van der Waals surface area contributed by atoms with Gasteiger partial charge >= 0.3 is 5.97 Å². The van der Waals surface area contributed by atoms with Gasteiger partial charge in [-0.3, -0.25) is 0 Å². The second kappa shape index (κ2) is 5.12. The third-order valence-corrected chi connectivity index (χ3v) is 3.16. The summed E-state index contributed by atoms with van der Waals surface area (Å²) in [6.07, 6.45) is 7.59. The number of nitrogens with zero attached hydrogens (tertiary/aromatic N) is 2. The largest absolute Gasteiger partial charge is 0.476 e. The van der Waals surface area contributed by atoms with Gasteiger partial charge in [-0.15, -0.1) is 0 Å². The Kier molecular flexibility index (Phi) is 3.56. The van der Waals surface area contributed by atoms with Crippen LogP contribution in [0.3, 0.4) is 0 Å². The zero-order chi connectivity index (χ0) is 12.3. The lowest BCUT2D eigenvalue weighted by Crippen LogP contribution is -2.26. The van der Waals surface area contributed by atoms with Crippen LogP contribution in [-0.4, -0.2) is 27.1 Å². The van der Waals surface area contributed by atoms with Gasteiger partial charge < -0.3 is 10.4 Å². The summed E-state index contributed by atoms with van der Waals surface area (Å²) in [5.74, 6) is 0.358. The fourth-order valence-electron chi connectivity index (χ4n) is 2.29. The number of carbonyl (C=O) groups is 1. The molecule has 2 rings (SSSR count). The highest BCUT2D eigenvalue weighted by molar-refractivity contribution is 5.84. The van der Waals surface area contributed by atoms with E-state index in [-0.39, 0.29) is 5.69 Å². The Morgan fingerprint density at radius 1 is 1.41 bits per heavy atom. The quantitative estimate of drug-likeness (QED) is 0.839. The number of hydrogen-bond acceptors (Lipinski definition) is 4. The lowest BCUT2D eigenvalue weighted by atomic mass is 9.87. The Labute approximate surface area is 100 Å². The number of hydrogen-bond donors (Lipinski definition) is 2. The Morgan fingerprint density at radius 2 is 2.24 bits per heavy atom. The van der Waals surface area contributed by atoms with E-state index in [1.165, 1.54) is 25.2 Å². The smallest absolute Gasteiger partial charge is 0.356 e. The van der Waals surface area contributed by atoms with Gasteiger partial charge in [0.15, 0.2) is 5.69 Å². The summed E-state index contributed by atoms with van der Waals surface area (Å²) in [5, 5.41) is 12.0. The van der Waals surface area contributed by atoms with Gasteiger partial charge in [0.05, 0.1) is 12.4 Å². The third-order valence-electron chi connectivity index (χ3n) is 3.16. The lowest BCUT2D eigenvalue weighted by Gasteiger charge is -2.27. The van der Waals surface area contributed by atoms with Crippen LogP contribution in [0.2, 0.25) is 0 Å². The van der Waals surface area contributed by atoms with E-state index in [0.29, 0.717) is 11.9 Å². The SMILES string of the molecule is CC1CCCC(Nc2cnc(C(=O)O)cn2)C1. The van der Waals surface area contributed by atoms with E-state index in [9.17, 15) is 4.79 Å². The van der Waals surface area contributed by atoms with Crippen molar-refractivity contribution in [3.63, 3.8) is 0 Å². The van der Waals surface area contributed by atoms with Crippen molar-refractivity contribution in [2.75, 3.05) is 5.32 Å². The minimum absolute atomic E-state index is 0.0208. The van der Waals surface area contributed by atoms with Gasteiger partial charge in [-0.2, -0.15) is 0 Å². The van der Waals surface area contributed by atoms with Gasteiger partial charge in [0.2, 0.25) is 0 Å². The molecule has 0 bridgehead atoms. The second-order valence-corrected chi connectivity index (χ2v) is 4.71. The molecule has 1 aromatic heterocycles. The summed E-state index contributed by atoms with van der Waals surface area (Å²) in [7, 11) is 0. The van der Waals surface area contributed by atoms with E-state index >= 15 is 0 Å². The fourth-order valence-corrected chi connectivity index (χ4v) is 2.29. The summed E-state index contributed by atoms with van der Waals surface area (Å²) in [5.41, 5.74) is -0.0208. The first-order chi connectivity index (χ1) is 8.15. The molecule has 0 aliphatic heterocycles. The van der Waals surface area contributed by atoms with Crippen LogP contribution in [0, 0.1) is 5.92 Å². The molecule has 1 aliphatic carbocycles. The van der Waals surface area contributed by atoms with Crippen LogP contribution < -0.4 is 5.32 Å². The number of carboxylic acid groups (broad SMARTS) is 1. The molecule has 92 valence electrons. The molecule has 5 heteroatoms. The highest BCUT2D eigenvalue weighted by Crippen LogP contribution is 2.25. The van der Waals surface area contributed by atoms with Gasteiger partial charge in [0.1, 0.15) is 5.82 Å². The summed E-state index contributed by atoms with van der Waals surface area (Å²) in [6.45, 7) is 2.26. The summed E-state index contributed by atoms with van der Waals surface area (Å²) >= 11 is 0. The van der Waals surface area contributed by atoms with Crippen LogP contribution in [0.5, 0.6) is 0 Å². The summed E-state index contributed by atoms with van der Waals surface area (Å²) in [4.78, 5) is 18.5. The molecule has 1 aromatic rings. The van der Waals surface area contributed by atoms with Crippen molar-refractivity contribution in [1.29, 1.82) is 0 Å². The van der Waals surface area contributed by atoms with Gasteiger partial charge in [0, 0.05) is 6.04 Å². The van der Waals surface area contributed by atoms with E-state index in [0.717, 1.165) is 18.8 Å². The van der Waals surface area contributed by atoms with Crippen molar-refractivity contribution in [1.82, 2.24) is 9.97 Å². The Balaban J connectivity index is 1.96. The van der Waals surface area contributed by atoms with Gasteiger partial charge in [-0.05, 0) is 18.8 Å². The van der Waals surface area contributed by atoms with Crippen LogP contribution in [0.1, 0.15) is 43.1 Å². The normalized spacial score (nSPS) is 24.3. The first-order valence-electron chi connectivity index (χ1n) is 5.97. The Hall–Kier alpha value is -1.65. The maximum Gasteiger partial charge on any atom is 0.356 e. The van der Waals surface area contributed by atoms with Crippen molar-refractivity contribution in [2.24, 2.45) is 5.92 Å². The van der Waals surface area contributed by atoms with Crippen LogP contribution in [0.4, 0.5) is 5.82 Å². The zero-order valence-electron chi connectivity index (χ0n) is 9.89. The molecule has 1 heterocycles. The molecular weight excluding hydrogens is 218 g/mol. The highest BCUT2D eigenvalue weighted by Gasteiger charge is 2.19. The molecule has 2 unspecified atom stereocenters. The number of anilines is 1. The first kappa shape index (κ1) is 11.8. The molecule has 0 radical (unpaired) electrons. The van der Waals surface area contributed by atoms with Crippen molar-refractivity contribution in [2.45, 2.75) is 38.6 Å². The average Bonchev–Trinajstić information content (AvgIpc) is 2.29. The number of aromatic carboxylic acids is 1. The molecule has 17 heavy (non-hydrogen) atoms. The molecule has 0 saturated heterocycles. The zero-order valence-corrected chi connectivity index (χ0v) is 9.89. The minimum atomic E-state index is -1.05. The van der Waals surface area contributed by atoms with Crippen molar-refractivity contribution >= 4 is 11.8 Å². The van der Waals surface area contributed by atoms with E-state index in [1.54, 1.807) is 0 Å². The molecule has 0 amide bonds. The molecule has 2 N–H and O–H groups in total. The molecule has 2 atom stereocenters. The highest BCUT2D eigenvalue weighted by atomic mass is 16.4. The monoisotopic (exact) mass is 235 g/mol. The van der Waals surface area contributed by atoms with Gasteiger partial charge in [0.25, 0.3) is 0 Å². The van der Waals surface area contributed by atoms with Crippen molar-refractivity contribution in [3.05, 3.63) is 18.1 Å². The second-order valence-electron chi connectivity index (χ2n) is 4.71. The lowest BCUT2D eigenvalue weighted by molar-refractivity contribution is 0.0690. The van der Waals surface area contributed by atoms with Crippen LogP contribution in [0.25, 0.3) is 0 Å². The standard InChI is InChI=1S/C12H17N3O2/c1-8-3-2-4-9(5-8)15-11-7-13-10(6-14-11)12(16)17/h6-9H,2-5H2,1H3,(H,14,15)(H,16,17). The topological polar surface area (TPSA) is 75.1 Å². The first-order valence-corrected chi connectivity index (χ1v) is 5.97. The molecule has 0 aromatic carbocycles. The predicted molar refractivity (Wildman–Crippen MR) is 64.0 cm³/mol. The van der Waals surface area contributed by atoms with E-state index in [4.69, 9.17) is 5.11 Å². The van der Waals surface area contributed by atoms with Crippen molar-refractivity contribution in [3.8, 4) is 0 Å². The third kappa shape index (κ3) is 3.15. The Morgan fingerprint density at radius 3 is 2.82 bits per heavy atom. The van der Waals surface area contributed by atoms with Crippen molar-refractivity contribution < 1.29 is 9.90 Å². The number of carboxylic acids is 1. The van der Waals surface area contributed by atoms with Gasteiger partial charge in [-0.1, -0.05) is 19.8 Å². The molecule has 1 fully saturated rings. The molecule has 1 saturated carbocycles. The summed E-state index contributed by atoms with van der Waals surface area (Å²) in [6, 6.07) is 0.434. The molecule has 5 nitrogen and oxygen atoms in total. The fraction of sp³-hybridized carbons (Fsp3) is 0.583. The average molecular weight is 235 g/mol. The minimum Gasteiger partial charge on any atom is -0.476 e. The van der Waals surface area contributed by atoms with Gasteiger partial charge in [-0.25, -0.2) is 14.8 Å². The Bertz CT molecular complexity index is 391. The van der Waals surface area contributed by atoms with E-state index in [1.807, 2.05) is 0 Å². The van der Waals surface area contributed by atoms with Crippen LogP contribution >= 0.6 is 0 Å². The molecular formula is C12H17N3O2. The number of aromatic nitrogens is 2. The predicted octanol–water partition coefficient (Wildman–Crippen LogP) is 2.17. The molecule has 1 aliphatic rings. The number of rotatable bonds is 3. The number of nitrogens with one attached hydrogen (secondary N) is 1. The summed E-state index contributed by atoms with van der Waals surface area (Å²) < 4.78 is 0.